The lowest BCUT2D eigenvalue weighted by Gasteiger charge is -2.39. The molecule has 1 fully saturated rings. The van der Waals surface area contributed by atoms with Crippen LogP contribution in [0.5, 0.6) is 0 Å². The summed E-state index contributed by atoms with van der Waals surface area (Å²) in [5.74, 6) is -0.247. The Kier molecular flexibility index (Phi) is 3.66. The van der Waals surface area contributed by atoms with Crippen LogP contribution in [-0.4, -0.2) is 12.5 Å². The number of halogens is 1. The first kappa shape index (κ1) is 13.0. The number of amides is 1. The minimum absolute atomic E-state index is 0.0214. The van der Waals surface area contributed by atoms with Crippen molar-refractivity contribution < 1.29 is 9.18 Å². The van der Waals surface area contributed by atoms with Crippen LogP contribution in [0.1, 0.15) is 37.8 Å². The van der Waals surface area contributed by atoms with Gasteiger partial charge in [-0.05, 0) is 37.5 Å². The largest absolute Gasteiger partial charge is 0.349 e. The van der Waals surface area contributed by atoms with Crippen LogP contribution in [0, 0.1) is 11.2 Å². The summed E-state index contributed by atoms with van der Waals surface area (Å²) < 4.78 is 12.8. The number of rotatable bonds is 4. The second kappa shape index (κ2) is 5.06. The predicted molar refractivity (Wildman–Crippen MR) is 68.3 cm³/mol. The first-order chi connectivity index (χ1) is 8.57. The van der Waals surface area contributed by atoms with Crippen LogP contribution < -0.4 is 11.1 Å². The molecule has 0 radical (unpaired) electrons. The van der Waals surface area contributed by atoms with E-state index < -0.39 is 0 Å². The molecular weight excluding hydrogens is 231 g/mol. The molecule has 1 saturated carbocycles. The van der Waals surface area contributed by atoms with Gasteiger partial charge in [0, 0.05) is 6.54 Å². The number of hydrogen-bond donors (Lipinski definition) is 2. The molecule has 0 bridgehead atoms. The standard InChI is InChI=1S/C14H19FN2O/c1-10(11-3-5-12(15)6-4-11)17-13(18)14(9-16)7-2-8-14/h3-6,10H,2,7-9,16H2,1H3,(H,17,18)/t10-/m0/s1. The quantitative estimate of drug-likeness (QED) is 0.860. The van der Waals surface area contributed by atoms with Gasteiger partial charge < -0.3 is 11.1 Å². The zero-order valence-electron chi connectivity index (χ0n) is 10.6. The molecule has 1 aliphatic carbocycles. The maximum Gasteiger partial charge on any atom is 0.227 e. The van der Waals surface area contributed by atoms with Gasteiger partial charge >= 0.3 is 0 Å². The topological polar surface area (TPSA) is 55.1 Å². The summed E-state index contributed by atoms with van der Waals surface area (Å²) in [5, 5.41) is 2.97. The van der Waals surface area contributed by atoms with Gasteiger partial charge in [0.15, 0.2) is 0 Å². The van der Waals surface area contributed by atoms with Crippen molar-refractivity contribution >= 4 is 5.91 Å². The fraction of sp³-hybridized carbons (Fsp3) is 0.500. The average Bonchev–Trinajstić information content (AvgIpc) is 2.29. The first-order valence-electron chi connectivity index (χ1n) is 6.34. The monoisotopic (exact) mass is 250 g/mol. The SMILES string of the molecule is C[C@H](NC(=O)C1(CN)CCC1)c1ccc(F)cc1. The summed E-state index contributed by atoms with van der Waals surface area (Å²) in [6, 6.07) is 6.06. The van der Waals surface area contributed by atoms with Crippen molar-refractivity contribution in [3.05, 3.63) is 35.6 Å². The number of hydrogen-bond acceptors (Lipinski definition) is 2. The van der Waals surface area contributed by atoms with Crippen molar-refractivity contribution in [1.82, 2.24) is 5.32 Å². The van der Waals surface area contributed by atoms with E-state index in [1.54, 1.807) is 12.1 Å². The Bertz CT molecular complexity index is 420. The van der Waals surface area contributed by atoms with Crippen LogP contribution in [0.3, 0.4) is 0 Å². The molecule has 2 rings (SSSR count). The second-order valence-electron chi connectivity index (χ2n) is 5.08. The molecule has 1 aromatic rings. The molecule has 1 amide bonds. The molecule has 0 aromatic heterocycles. The van der Waals surface area contributed by atoms with Gasteiger partial charge in [0.1, 0.15) is 5.82 Å². The second-order valence-corrected chi connectivity index (χ2v) is 5.08. The van der Waals surface area contributed by atoms with Crippen LogP contribution in [0.15, 0.2) is 24.3 Å². The Morgan fingerprint density at radius 3 is 2.50 bits per heavy atom. The van der Waals surface area contributed by atoms with E-state index in [1.807, 2.05) is 6.92 Å². The maximum atomic E-state index is 12.8. The van der Waals surface area contributed by atoms with Crippen molar-refractivity contribution in [1.29, 1.82) is 0 Å². The molecule has 4 heteroatoms. The molecule has 1 atom stereocenters. The minimum Gasteiger partial charge on any atom is -0.349 e. The fourth-order valence-electron chi connectivity index (χ4n) is 2.31. The Hall–Kier alpha value is -1.42. The third-order valence-electron chi connectivity index (χ3n) is 3.90. The summed E-state index contributed by atoms with van der Waals surface area (Å²) in [7, 11) is 0. The molecule has 0 aliphatic heterocycles. The number of nitrogens with two attached hydrogens (primary N) is 1. The van der Waals surface area contributed by atoms with Crippen molar-refractivity contribution in [2.24, 2.45) is 11.1 Å². The van der Waals surface area contributed by atoms with E-state index in [0.717, 1.165) is 24.8 Å². The normalized spacial score (nSPS) is 18.8. The molecule has 0 saturated heterocycles. The highest BCUT2D eigenvalue weighted by Gasteiger charge is 2.43. The van der Waals surface area contributed by atoms with E-state index in [4.69, 9.17) is 5.73 Å². The molecule has 18 heavy (non-hydrogen) atoms. The van der Waals surface area contributed by atoms with E-state index in [2.05, 4.69) is 5.32 Å². The summed E-state index contributed by atoms with van der Waals surface area (Å²) in [6.45, 7) is 2.29. The Morgan fingerprint density at radius 1 is 1.44 bits per heavy atom. The van der Waals surface area contributed by atoms with Crippen LogP contribution in [0.4, 0.5) is 4.39 Å². The lowest BCUT2D eigenvalue weighted by atomic mass is 9.68. The van der Waals surface area contributed by atoms with Gasteiger partial charge in [-0.2, -0.15) is 0 Å². The molecule has 1 aliphatic rings. The highest BCUT2D eigenvalue weighted by atomic mass is 19.1. The molecule has 1 aromatic carbocycles. The lowest BCUT2D eigenvalue weighted by molar-refractivity contribution is -0.135. The van der Waals surface area contributed by atoms with Gasteiger partial charge in [0.05, 0.1) is 11.5 Å². The molecule has 3 nitrogen and oxygen atoms in total. The Labute approximate surface area is 107 Å². The zero-order chi connectivity index (χ0) is 13.2. The van der Waals surface area contributed by atoms with Crippen molar-refractivity contribution in [3.8, 4) is 0 Å². The van der Waals surface area contributed by atoms with Gasteiger partial charge in [-0.25, -0.2) is 4.39 Å². The van der Waals surface area contributed by atoms with Crippen molar-refractivity contribution in [2.45, 2.75) is 32.2 Å². The number of benzene rings is 1. The smallest absolute Gasteiger partial charge is 0.227 e. The van der Waals surface area contributed by atoms with Crippen molar-refractivity contribution in [2.75, 3.05) is 6.54 Å². The summed E-state index contributed by atoms with van der Waals surface area (Å²) in [4.78, 5) is 12.2. The van der Waals surface area contributed by atoms with Gasteiger partial charge in [0.2, 0.25) is 5.91 Å². The van der Waals surface area contributed by atoms with Crippen LogP contribution in [0.25, 0.3) is 0 Å². The first-order valence-corrected chi connectivity index (χ1v) is 6.34. The van der Waals surface area contributed by atoms with Crippen LogP contribution in [0.2, 0.25) is 0 Å². The minimum atomic E-state index is -0.367. The van der Waals surface area contributed by atoms with E-state index in [-0.39, 0.29) is 23.2 Å². The molecule has 0 spiro atoms. The molecule has 98 valence electrons. The van der Waals surface area contributed by atoms with E-state index in [0.29, 0.717) is 6.54 Å². The lowest BCUT2D eigenvalue weighted by Crippen LogP contribution is -2.50. The van der Waals surface area contributed by atoms with Crippen LogP contribution >= 0.6 is 0 Å². The van der Waals surface area contributed by atoms with Crippen molar-refractivity contribution in [3.63, 3.8) is 0 Å². The molecule has 3 N–H and O–H groups in total. The van der Waals surface area contributed by atoms with Gasteiger partial charge in [0.25, 0.3) is 0 Å². The summed E-state index contributed by atoms with van der Waals surface area (Å²) >= 11 is 0. The Morgan fingerprint density at radius 2 is 2.06 bits per heavy atom. The van der Waals surface area contributed by atoms with E-state index in [1.165, 1.54) is 12.1 Å². The molecule has 0 unspecified atom stereocenters. The summed E-state index contributed by atoms with van der Waals surface area (Å²) in [6.07, 6.45) is 2.80. The predicted octanol–water partition coefficient (Wildman–Crippen LogP) is 2.13. The molecule has 0 heterocycles. The summed E-state index contributed by atoms with van der Waals surface area (Å²) in [5.41, 5.74) is 6.23. The number of carbonyl (C=O) groups is 1. The van der Waals surface area contributed by atoms with E-state index >= 15 is 0 Å². The third-order valence-corrected chi connectivity index (χ3v) is 3.90. The average molecular weight is 250 g/mol. The van der Waals surface area contributed by atoms with Gasteiger partial charge in [-0.3, -0.25) is 4.79 Å². The Balaban J connectivity index is 2.01. The maximum absolute atomic E-state index is 12.8. The highest BCUT2D eigenvalue weighted by molar-refractivity contribution is 5.84. The van der Waals surface area contributed by atoms with E-state index in [9.17, 15) is 9.18 Å². The van der Waals surface area contributed by atoms with Crippen LogP contribution in [-0.2, 0) is 4.79 Å². The fourth-order valence-corrected chi connectivity index (χ4v) is 2.31. The van der Waals surface area contributed by atoms with Gasteiger partial charge in [-0.15, -0.1) is 0 Å². The van der Waals surface area contributed by atoms with Gasteiger partial charge in [-0.1, -0.05) is 18.6 Å². The third kappa shape index (κ3) is 2.38. The zero-order valence-corrected chi connectivity index (χ0v) is 10.6. The number of carbonyl (C=O) groups excluding carboxylic acids is 1. The number of nitrogens with one attached hydrogen (secondary N) is 1. The highest BCUT2D eigenvalue weighted by Crippen LogP contribution is 2.40. The molecular formula is C14H19FN2O.